The first-order valence-electron chi connectivity index (χ1n) is 9.85. The number of aromatic nitrogens is 4. The third kappa shape index (κ3) is 4.75. The van der Waals surface area contributed by atoms with E-state index in [1.807, 2.05) is 30.3 Å². The van der Waals surface area contributed by atoms with Crippen LogP contribution in [0.4, 0.5) is 4.39 Å². The number of aliphatic hydroxyl groups excluding tert-OH is 1. The molecule has 0 unspecified atom stereocenters. The van der Waals surface area contributed by atoms with E-state index in [-0.39, 0.29) is 12.2 Å². The van der Waals surface area contributed by atoms with E-state index in [9.17, 15) is 14.3 Å². The van der Waals surface area contributed by atoms with Crippen molar-refractivity contribution in [2.75, 3.05) is 0 Å². The second-order valence-electron chi connectivity index (χ2n) is 7.27. The second kappa shape index (κ2) is 9.01. The Morgan fingerprint density at radius 2 is 1.87 bits per heavy atom. The van der Waals surface area contributed by atoms with Crippen LogP contribution in [0.5, 0.6) is 0 Å². The SMILES string of the molecule is Cn1nnnc1C(C=C[C@@H]1C[C@@H](O)CC(=O)O1)=C(c1ccccc1)c1ccc(F)cc1. The lowest BCUT2D eigenvalue weighted by atomic mass is 9.91. The summed E-state index contributed by atoms with van der Waals surface area (Å²) < 4.78 is 20.5. The van der Waals surface area contributed by atoms with Crippen LogP contribution in [0.2, 0.25) is 0 Å². The van der Waals surface area contributed by atoms with Crippen molar-refractivity contribution in [1.82, 2.24) is 20.2 Å². The first-order chi connectivity index (χ1) is 15.0. The minimum Gasteiger partial charge on any atom is -0.458 e. The number of hydrogen-bond donors (Lipinski definition) is 1. The van der Waals surface area contributed by atoms with E-state index in [1.165, 1.54) is 16.8 Å². The van der Waals surface area contributed by atoms with Crippen molar-refractivity contribution in [2.24, 2.45) is 7.05 Å². The maximum atomic E-state index is 13.6. The molecule has 1 aromatic heterocycles. The van der Waals surface area contributed by atoms with Crippen LogP contribution in [0, 0.1) is 5.82 Å². The Bertz CT molecular complexity index is 1120. The molecule has 1 fully saturated rings. The third-order valence-electron chi connectivity index (χ3n) is 4.99. The van der Waals surface area contributed by atoms with E-state index in [2.05, 4.69) is 15.5 Å². The Morgan fingerprint density at radius 1 is 1.16 bits per heavy atom. The third-order valence-corrected chi connectivity index (χ3v) is 4.99. The van der Waals surface area contributed by atoms with Gasteiger partial charge in [0.25, 0.3) is 0 Å². The van der Waals surface area contributed by atoms with E-state index in [4.69, 9.17) is 4.74 Å². The lowest BCUT2D eigenvalue weighted by molar-refractivity contribution is -0.156. The van der Waals surface area contributed by atoms with Gasteiger partial charge in [-0.3, -0.25) is 4.79 Å². The number of carbonyl (C=O) groups excluding carboxylic acids is 1. The molecule has 1 aliphatic rings. The maximum Gasteiger partial charge on any atom is 0.309 e. The van der Waals surface area contributed by atoms with Gasteiger partial charge in [-0.1, -0.05) is 48.5 Å². The van der Waals surface area contributed by atoms with Gasteiger partial charge in [-0.15, -0.1) is 5.10 Å². The molecule has 31 heavy (non-hydrogen) atoms. The van der Waals surface area contributed by atoms with E-state index in [0.29, 0.717) is 17.8 Å². The molecule has 7 nitrogen and oxygen atoms in total. The highest BCUT2D eigenvalue weighted by Gasteiger charge is 2.26. The number of ether oxygens (including phenoxy) is 1. The number of benzene rings is 2. The summed E-state index contributed by atoms with van der Waals surface area (Å²) in [6.45, 7) is 0. The number of aryl methyl sites for hydroxylation is 1. The smallest absolute Gasteiger partial charge is 0.309 e. The van der Waals surface area contributed by atoms with Gasteiger partial charge in [-0.25, -0.2) is 9.07 Å². The van der Waals surface area contributed by atoms with Gasteiger partial charge in [-0.2, -0.15) is 0 Å². The second-order valence-corrected chi connectivity index (χ2v) is 7.27. The monoisotopic (exact) mass is 420 g/mol. The molecule has 0 amide bonds. The summed E-state index contributed by atoms with van der Waals surface area (Å²) in [4.78, 5) is 11.7. The topological polar surface area (TPSA) is 90.1 Å². The summed E-state index contributed by atoms with van der Waals surface area (Å²) in [5.74, 6) is -0.292. The molecule has 3 aromatic rings. The fraction of sp³-hybridized carbons (Fsp3) is 0.217. The van der Waals surface area contributed by atoms with Crippen LogP contribution >= 0.6 is 0 Å². The summed E-state index contributed by atoms with van der Waals surface area (Å²) in [6.07, 6.45) is 2.49. The van der Waals surface area contributed by atoms with Crippen molar-refractivity contribution in [2.45, 2.75) is 25.0 Å². The molecule has 0 bridgehead atoms. The number of cyclic esters (lactones) is 1. The summed E-state index contributed by atoms with van der Waals surface area (Å²) in [6, 6.07) is 15.8. The average molecular weight is 420 g/mol. The predicted molar refractivity (Wildman–Crippen MR) is 112 cm³/mol. The van der Waals surface area contributed by atoms with Crippen LogP contribution in [0.25, 0.3) is 11.1 Å². The van der Waals surface area contributed by atoms with Gasteiger partial charge in [-0.05, 0) is 45.3 Å². The van der Waals surface area contributed by atoms with Gasteiger partial charge >= 0.3 is 5.97 Å². The lowest BCUT2D eigenvalue weighted by Gasteiger charge is -2.23. The van der Waals surface area contributed by atoms with Gasteiger partial charge in [0, 0.05) is 19.0 Å². The quantitative estimate of drug-likeness (QED) is 0.504. The zero-order valence-electron chi connectivity index (χ0n) is 16.9. The van der Waals surface area contributed by atoms with Gasteiger partial charge < -0.3 is 9.84 Å². The summed E-state index contributed by atoms with van der Waals surface area (Å²) in [7, 11) is 1.72. The number of tetrazole rings is 1. The van der Waals surface area contributed by atoms with Gasteiger partial charge in [0.2, 0.25) is 0 Å². The van der Waals surface area contributed by atoms with Gasteiger partial charge in [0.15, 0.2) is 5.82 Å². The Morgan fingerprint density at radius 3 is 2.52 bits per heavy atom. The molecule has 1 N–H and O–H groups in total. The zero-order valence-corrected chi connectivity index (χ0v) is 16.9. The van der Waals surface area contributed by atoms with Crippen LogP contribution in [0.15, 0.2) is 66.7 Å². The minimum atomic E-state index is -0.745. The highest BCUT2D eigenvalue weighted by molar-refractivity contribution is 6.00. The molecule has 2 aromatic carbocycles. The van der Waals surface area contributed by atoms with Gasteiger partial charge in [0.05, 0.1) is 12.5 Å². The van der Waals surface area contributed by atoms with Crippen molar-refractivity contribution in [3.8, 4) is 0 Å². The fourth-order valence-corrected chi connectivity index (χ4v) is 3.56. The molecule has 8 heteroatoms. The number of hydrogen-bond acceptors (Lipinski definition) is 6. The molecule has 0 radical (unpaired) electrons. The standard InChI is InChI=1S/C23H21FN4O3/c1-28-23(25-26-27-28)20(12-11-19-13-18(29)14-21(30)31-19)22(15-5-3-2-4-6-15)16-7-9-17(24)10-8-16/h2-12,18-19,29H,13-14H2,1H3/t18-,19-/m1/s1. The zero-order chi connectivity index (χ0) is 21.8. The van der Waals surface area contributed by atoms with Crippen LogP contribution in [-0.2, 0) is 16.6 Å². The minimum absolute atomic E-state index is 0.00884. The number of esters is 1. The Kier molecular flexibility index (Phi) is 5.99. The van der Waals surface area contributed by atoms with E-state index in [1.54, 1.807) is 31.3 Å². The van der Waals surface area contributed by atoms with Crippen molar-refractivity contribution < 1.29 is 19.0 Å². The van der Waals surface area contributed by atoms with Gasteiger partial charge in [0.1, 0.15) is 11.9 Å². The molecular formula is C23H21FN4O3. The number of carbonyl (C=O) groups is 1. The molecule has 0 spiro atoms. The summed E-state index contributed by atoms with van der Waals surface area (Å²) in [5, 5.41) is 21.8. The molecule has 2 atom stereocenters. The average Bonchev–Trinajstić information content (AvgIpc) is 3.17. The van der Waals surface area contributed by atoms with E-state index < -0.39 is 18.2 Å². The van der Waals surface area contributed by atoms with E-state index >= 15 is 0 Å². The van der Waals surface area contributed by atoms with Crippen LogP contribution in [0.3, 0.4) is 0 Å². The van der Waals surface area contributed by atoms with Crippen molar-refractivity contribution >= 4 is 17.1 Å². The van der Waals surface area contributed by atoms with Crippen molar-refractivity contribution in [3.05, 3.63) is 89.5 Å². The summed E-state index contributed by atoms with van der Waals surface area (Å²) >= 11 is 0. The molecule has 0 saturated carbocycles. The maximum absolute atomic E-state index is 13.6. The Labute approximate surface area is 178 Å². The van der Waals surface area contributed by atoms with Crippen LogP contribution in [0.1, 0.15) is 29.8 Å². The number of allylic oxidation sites excluding steroid dienone is 2. The highest BCUT2D eigenvalue weighted by Crippen LogP contribution is 2.33. The van der Waals surface area contributed by atoms with E-state index in [0.717, 1.165) is 16.7 Å². The Hall–Kier alpha value is -3.65. The number of rotatable bonds is 5. The van der Waals surface area contributed by atoms with Crippen molar-refractivity contribution in [3.63, 3.8) is 0 Å². The summed E-state index contributed by atoms with van der Waals surface area (Å²) in [5.41, 5.74) is 3.12. The van der Waals surface area contributed by atoms with Crippen LogP contribution in [-0.4, -0.2) is 43.5 Å². The fourth-order valence-electron chi connectivity index (χ4n) is 3.56. The number of aliphatic hydroxyl groups is 1. The van der Waals surface area contributed by atoms with Crippen molar-refractivity contribution in [1.29, 1.82) is 0 Å². The Balaban J connectivity index is 1.89. The first-order valence-corrected chi connectivity index (χ1v) is 9.85. The predicted octanol–water partition coefficient (Wildman–Crippen LogP) is 2.93. The lowest BCUT2D eigenvalue weighted by Crippen LogP contribution is -2.31. The molecule has 0 aliphatic carbocycles. The number of halogens is 1. The molecular weight excluding hydrogens is 399 g/mol. The molecule has 1 saturated heterocycles. The number of nitrogens with zero attached hydrogens (tertiary/aromatic N) is 4. The van der Waals surface area contributed by atoms with Crippen LogP contribution < -0.4 is 0 Å². The molecule has 2 heterocycles. The first kappa shape index (κ1) is 20.6. The molecule has 1 aliphatic heterocycles. The largest absolute Gasteiger partial charge is 0.458 e. The normalized spacial score (nSPS) is 19.9. The molecule has 4 rings (SSSR count). The highest BCUT2D eigenvalue weighted by atomic mass is 19.1. The molecule has 158 valence electrons.